The van der Waals surface area contributed by atoms with Gasteiger partial charge in [-0.1, -0.05) is 6.07 Å². The number of methoxy groups -OCH3 is 1. The molecule has 0 amide bonds. The van der Waals surface area contributed by atoms with Crippen molar-refractivity contribution in [2.24, 2.45) is 0 Å². The zero-order chi connectivity index (χ0) is 14.2. The normalized spacial score (nSPS) is 11.7. The molecule has 2 aromatic rings. The van der Waals surface area contributed by atoms with Crippen molar-refractivity contribution >= 4 is 26.8 Å². The smallest absolute Gasteiger partial charge is 0.342 e. The summed E-state index contributed by atoms with van der Waals surface area (Å²) in [5.41, 5.74) is 1.49. The minimum Gasteiger partial charge on any atom is -0.465 e. The molecule has 0 unspecified atom stereocenters. The van der Waals surface area contributed by atoms with E-state index in [1.165, 1.54) is 13.4 Å². The molecule has 0 bridgehead atoms. The van der Waals surface area contributed by atoms with Crippen molar-refractivity contribution in [2.45, 2.75) is 12.7 Å². The maximum Gasteiger partial charge on any atom is 0.342 e. The number of furan rings is 1. The van der Waals surface area contributed by atoms with Gasteiger partial charge in [-0.05, 0) is 24.6 Å². The highest BCUT2D eigenvalue weighted by Crippen LogP contribution is 2.27. The topological polar surface area (TPSA) is 73.6 Å². The zero-order valence-electron chi connectivity index (χ0n) is 10.9. The van der Waals surface area contributed by atoms with E-state index in [0.717, 1.165) is 0 Å². The molecule has 0 fully saturated rings. The summed E-state index contributed by atoms with van der Waals surface area (Å²) in [4.78, 5) is 11.7. The Labute approximate surface area is 111 Å². The molecule has 1 heterocycles. The molecular formula is C13H14O5S. The molecule has 1 aromatic carbocycles. The Morgan fingerprint density at radius 1 is 1.37 bits per heavy atom. The molecule has 0 saturated heterocycles. The molecule has 5 nitrogen and oxygen atoms in total. The Kier molecular flexibility index (Phi) is 3.36. The van der Waals surface area contributed by atoms with Crippen LogP contribution in [0.15, 0.2) is 22.6 Å². The monoisotopic (exact) mass is 282 g/mol. The van der Waals surface area contributed by atoms with Crippen molar-refractivity contribution in [1.82, 2.24) is 0 Å². The number of ether oxygens (including phenoxy) is 1. The molecule has 0 aliphatic heterocycles. The van der Waals surface area contributed by atoms with Crippen LogP contribution in [0.3, 0.4) is 0 Å². The number of rotatable bonds is 3. The van der Waals surface area contributed by atoms with Crippen LogP contribution in [0, 0.1) is 6.92 Å². The Morgan fingerprint density at radius 3 is 2.63 bits per heavy atom. The van der Waals surface area contributed by atoms with Crippen LogP contribution < -0.4 is 0 Å². The first kappa shape index (κ1) is 13.6. The highest BCUT2D eigenvalue weighted by Gasteiger charge is 2.19. The number of fused-ring (bicyclic) bond motifs is 1. The summed E-state index contributed by atoms with van der Waals surface area (Å²) in [6.45, 7) is 1.67. The van der Waals surface area contributed by atoms with Crippen LogP contribution in [0.4, 0.5) is 0 Å². The third-order valence-corrected chi connectivity index (χ3v) is 3.60. The van der Waals surface area contributed by atoms with E-state index in [0.29, 0.717) is 27.9 Å². The SMILES string of the molecule is COC(=O)c1c(C)oc2ccc(CS(C)(=O)=O)cc12. The van der Waals surface area contributed by atoms with Gasteiger partial charge in [0.25, 0.3) is 0 Å². The van der Waals surface area contributed by atoms with Gasteiger partial charge in [-0.2, -0.15) is 0 Å². The molecule has 0 N–H and O–H groups in total. The number of sulfone groups is 1. The number of carbonyl (C=O) groups is 1. The molecule has 1 aromatic heterocycles. The van der Waals surface area contributed by atoms with Gasteiger partial charge in [0, 0.05) is 11.6 Å². The lowest BCUT2D eigenvalue weighted by Crippen LogP contribution is -2.03. The molecule has 0 radical (unpaired) electrons. The second-order valence-corrected chi connectivity index (χ2v) is 6.57. The van der Waals surface area contributed by atoms with Gasteiger partial charge >= 0.3 is 5.97 Å². The summed E-state index contributed by atoms with van der Waals surface area (Å²) in [5.74, 6) is -0.112. The van der Waals surface area contributed by atoms with Crippen molar-refractivity contribution in [3.05, 3.63) is 35.1 Å². The second-order valence-electron chi connectivity index (χ2n) is 4.43. The molecule has 6 heteroatoms. The van der Waals surface area contributed by atoms with Gasteiger partial charge in [0.1, 0.15) is 16.9 Å². The van der Waals surface area contributed by atoms with Crippen LogP contribution >= 0.6 is 0 Å². The van der Waals surface area contributed by atoms with E-state index in [1.54, 1.807) is 25.1 Å². The summed E-state index contributed by atoms with van der Waals surface area (Å²) < 4.78 is 32.8. The lowest BCUT2D eigenvalue weighted by molar-refractivity contribution is 0.0600. The highest BCUT2D eigenvalue weighted by atomic mass is 32.2. The van der Waals surface area contributed by atoms with E-state index in [2.05, 4.69) is 0 Å². The minimum atomic E-state index is -3.12. The van der Waals surface area contributed by atoms with Gasteiger partial charge in [-0.15, -0.1) is 0 Å². The molecule has 0 atom stereocenters. The average molecular weight is 282 g/mol. The first-order chi connectivity index (χ1) is 8.81. The van der Waals surface area contributed by atoms with Gasteiger partial charge in [0.2, 0.25) is 0 Å². The maximum atomic E-state index is 11.7. The van der Waals surface area contributed by atoms with Crippen molar-refractivity contribution < 1.29 is 22.4 Å². The van der Waals surface area contributed by atoms with Crippen molar-refractivity contribution in [3.8, 4) is 0 Å². The standard InChI is InChI=1S/C13H14O5S/c1-8-12(13(14)17-2)10-6-9(7-19(3,15)16)4-5-11(10)18-8/h4-6H,7H2,1-3H3. The fourth-order valence-corrected chi connectivity index (χ4v) is 2.80. The first-order valence-corrected chi connectivity index (χ1v) is 7.66. The predicted molar refractivity (Wildman–Crippen MR) is 70.8 cm³/mol. The number of aryl methyl sites for hydroxylation is 1. The molecule has 0 aliphatic carbocycles. The summed E-state index contributed by atoms with van der Waals surface area (Å²) in [6.07, 6.45) is 1.17. The van der Waals surface area contributed by atoms with Gasteiger partial charge in [0.15, 0.2) is 9.84 Å². The largest absolute Gasteiger partial charge is 0.465 e. The number of hydrogen-bond donors (Lipinski definition) is 0. The van der Waals surface area contributed by atoms with Crippen LogP contribution in [-0.4, -0.2) is 27.8 Å². The van der Waals surface area contributed by atoms with Gasteiger partial charge in [-0.3, -0.25) is 0 Å². The second kappa shape index (κ2) is 4.70. The van der Waals surface area contributed by atoms with E-state index in [1.807, 2.05) is 0 Å². The minimum absolute atomic E-state index is 0.0756. The fraction of sp³-hybridized carbons (Fsp3) is 0.308. The molecule has 0 spiro atoms. The first-order valence-electron chi connectivity index (χ1n) is 5.60. The molecule has 102 valence electrons. The van der Waals surface area contributed by atoms with E-state index >= 15 is 0 Å². The predicted octanol–water partition coefficient (Wildman–Crippen LogP) is 2.07. The maximum absolute atomic E-state index is 11.7. The Bertz CT molecular complexity index is 740. The van der Waals surface area contributed by atoms with Crippen LogP contribution in [0.1, 0.15) is 21.7 Å². The van der Waals surface area contributed by atoms with Crippen molar-refractivity contribution in [3.63, 3.8) is 0 Å². The molecule has 19 heavy (non-hydrogen) atoms. The quantitative estimate of drug-likeness (QED) is 0.806. The summed E-state index contributed by atoms with van der Waals surface area (Å²) in [5, 5.41) is 0.575. The van der Waals surface area contributed by atoms with E-state index < -0.39 is 15.8 Å². The van der Waals surface area contributed by atoms with Gasteiger partial charge in [0.05, 0.1) is 12.9 Å². The number of carbonyl (C=O) groups excluding carboxylic acids is 1. The molecule has 2 rings (SSSR count). The molecule has 0 aliphatic rings. The molecular weight excluding hydrogens is 268 g/mol. The Morgan fingerprint density at radius 2 is 2.05 bits per heavy atom. The molecule has 0 saturated carbocycles. The van der Waals surface area contributed by atoms with E-state index in [4.69, 9.17) is 9.15 Å². The Balaban J connectivity index is 2.60. The lowest BCUT2D eigenvalue weighted by Gasteiger charge is -2.01. The van der Waals surface area contributed by atoms with Crippen LogP contribution in [-0.2, 0) is 20.3 Å². The van der Waals surface area contributed by atoms with Crippen molar-refractivity contribution in [1.29, 1.82) is 0 Å². The van der Waals surface area contributed by atoms with Crippen LogP contribution in [0.5, 0.6) is 0 Å². The fourth-order valence-electron chi connectivity index (χ4n) is 2.02. The number of esters is 1. The highest BCUT2D eigenvalue weighted by molar-refractivity contribution is 7.89. The number of hydrogen-bond acceptors (Lipinski definition) is 5. The van der Waals surface area contributed by atoms with Crippen molar-refractivity contribution in [2.75, 3.05) is 13.4 Å². The van der Waals surface area contributed by atoms with E-state index in [-0.39, 0.29) is 5.75 Å². The summed E-state index contributed by atoms with van der Waals surface area (Å²) in [6, 6.07) is 4.99. The van der Waals surface area contributed by atoms with Gasteiger partial charge < -0.3 is 9.15 Å². The zero-order valence-corrected chi connectivity index (χ0v) is 11.7. The summed E-state index contributed by atoms with van der Waals surface area (Å²) >= 11 is 0. The third-order valence-electron chi connectivity index (χ3n) is 2.75. The van der Waals surface area contributed by atoms with Crippen LogP contribution in [0.25, 0.3) is 11.0 Å². The average Bonchev–Trinajstić information content (AvgIpc) is 2.61. The van der Waals surface area contributed by atoms with E-state index in [9.17, 15) is 13.2 Å². The third kappa shape index (κ3) is 2.78. The lowest BCUT2D eigenvalue weighted by atomic mass is 10.1. The summed E-state index contributed by atoms with van der Waals surface area (Å²) in [7, 11) is -1.83. The van der Waals surface area contributed by atoms with Crippen LogP contribution in [0.2, 0.25) is 0 Å². The number of benzene rings is 1. The van der Waals surface area contributed by atoms with Gasteiger partial charge in [-0.25, -0.2) is 13.2 Å². The Hall–Kier alpha value is -1.82.